The van der Waals surface area contributed by atoms with Crippen molar-refractivity contribution in [3.8, 4) is 0 Å². The number of hydrogen-bond acceptors (Lipinski definition) is 2. The molecule has 2 atom stereocenters. The van der Waals surface area contributed by atoms with E-state index in [0.717, 1.165) is 5.56 Å². The standard InChI is InChI=1S/C22H26FN3O/c1-21(2,3)15-11-9-14(10-12-15)18-19(27)26(5)20(24)25-22(18,4)16-7-6-8-17(23)13-16/h6-13,18H,1-5H3,(H2,24,25)/t18-,22-/m1/s1. The van der Waals surface area contributed by atoms with E-state index in [1.165, 1.54) is 22.6 Å². The summed E-state index contributed by atoms with van der Waals surface area (Å²) in [5, 5.41) is 11.3. The third-order valence-electron chi connectivity index (χ3n) is 5.40. The van der Waals surface area contributed by atoms with Crippen LogP contribution in [0.15, 0.2) is 48.5 Å². The summed E-state index contributed by atoms with van der Waals surface area (Å²) >= 11 is 0. The lowest BCUT2D eigenvalue weighted by Crippen LogP contribution is -2.62. The van der Waals surface area contributed by atoms with Gasteiger partial charge >= 0.3 is 0 Å². The molecule has 0 saturated carbocycles. The van der Waals surface area contributed by atoms with Crippen molar-refractivity contribution in [1.82, 2.24) is 10.2 Å². The van der Waals surface area contributed by atoms with Crippen LogP contribution in [0.25, 0.3) is 0 Å². The Morgan fingerprint density at radius 3 is 2.33 bits per heavy atom. The van der Waals surface area contributed by atoms with Crippen molar-refractivity contribution < 1.29 is 9.18 Å². The number of rotatable bonds is 2. The Hall–Kier alpha value is -2.69. The number of hydrogen-bond donors (Lipinski definition) is 2. The molecule has 142 valence electrons. The van der Waals surface area contributed by atoms with Gasteiger partial charge in [0.25, 0.3) is 0 Å². The first kappa shape index (κ1) is 19.1. The molecule has 2 aromatic rings. The number of likely N-dealkylation sites (N-methyl/N-ethyl adjacent to an activating group) is 1. The zero-order chi connectivity index (χ0) is 20.0. The largest absolute Gasteiger partial charge is 0.346 e. The Morgan fingerprint density at radius 1 is 1.15 bits per heavy atom. The lowest BCUT2D eigenvalue weighted by Gasteiger charge is -2.46. The van der Waals surface area contributed by atoms with Crippen LogP contribution in [0, 0.1) is 11.2 Å². The van der Waals surface area contributed by atoms with Gasteiger partial charge in [0.2, 0.25) is 5.91 Å². The second kappa shape index (κ2) is 6.48. The summed E-state index contributed by atoms with van der Waals surface area (Å²) in [6.07, 6.45) is 0. The molecule has 0 radical (unpaired) electrons. The lowest BCUT2D eigenvalue weighted by atomic mass is 9.73. The molecule has 0 spiro atoms. The van der Waals surface area contributed by atoms with Crippen LogP contribution >= 0.6 is 0 Å². The minimum atomic E-state index is -0.925. The first-order valence-corrected chi connectivity index (χ1v) is 9.05. The summed E-state index contributed by atoms with van der Waals surface area (Å²) in [7, 11) is 1.58. The fraction of sp³-hybridized carbons (Fsp3) is 0.364. The second-order valence-corrected chi connectivity index (χ2v) is 8.39. The number of benzene rings is 2. The highest BCUT2D eigenvalue weighted by Crippen LogP contribution is 2.41. The molecule has 0 aliphatic carbocycles. The maximum absolute atomic E-state index is 13.9. The molecule has 2 aromatic carbocycles. The Balaban J connectivity index is 2.13. The van der Waals surface area contributed by atoms with Crippen LogP contribution in [0.4, 0.5) is 4.39 Å². The molecule has 1 heterocycles. The van der Waals surface area contributed by atoms with E-state index in [0.29, 0.717) is 5.56 Å². The van der Waals surface area contributed by atoms with Gasteiger partial charge in [0.05, 0.1) is 11.5 Å². The predicted octanol–water partition coefficient (Wildman–Crippen LogP) is 4.12. The Morgan fingerprint density at radius 2 is 1.78 bits per heavy atom. The molecule has 27 heavy (non-hydrogen) atoms. The zero-order valence-electron chi connectivity index (χ0n) is 16.4. The maximum Gasteiger partial charge on any atom is 0.239 e. The number of nitrogens with zero attached hydrogens (tertiary/aromatic N) is 1. The van der Waals surface area contributed by atoms with Crippen molar-refractivity contribution in [2.45, 2.75) is 44.6 Å². The van der Waals surface area contributed by atoms with Crippen molar-refractivity contribution in [2.24, 2.45) is 0 Å². The van der Waals surface area contributed by atoms with Gasteiger partial charge in [0, 0.05) is 7.05 Å². The first-order chi connectivity index (χ1) is 12.5. The van der Waals surface area contributed by atoms with Gasteiger partial charge in [-0.15, -0.1) is 0 Å². The van der Waals surface area contributed by atoms with Crippen molar-refractivity contribution in [1.29, 1.82) is 5.41 Å². The predicted molar refractivity (Wildman–Crippen MR) is 105 cm³/mol. The molecular weight excluding hydrogens is 341 g/mol. The molecule has 5 heteroatoms. The van der Waals surface area contributed by atoms with E-state index >= 15 is 0 Å². The van der Waals surface area contributed by atoms with Crippen LogP contribution < -0.4 is 5.32 Å². The third kappa shape index (κ3) is 3.34. The van der Waals surface area contributed by atoms with Gasteiger partial charge in [-0.3, -0.25) is 15.1 Å². The summed E-state index contributed by atoms with van der Waals surface area (Å²) in [5.74, 6) is -1.12. The number of carbonyl (C=O) groups is 1. The molecule has 0 bridgehead atoms. The van der Waals surface area contributed by atoms with Crippen molar-refractivity contribution in [3.05, 3.63) is 71.0 Å². The smallest absolute Gasteiger partial charge is 0.239 e. The number of amides is 1. The Bertz CT molecular complexity index is 885. The molecule has 1 aliphatic heterocycles. The van der Waals surface area contributed by atoms with E-state index in [-0.39, 0.29) is 23.1 Å². The number of nitrogens with one attached hydrogen (secondary N) is 2. The van der Waals surface area contributed by atoms with E-state index in [9.17, 15) is 9.18 Å². The van der Waals surface area contributed by atoms with Gasteiger partial charge in [0.15, 0.2) is 5.96 Å². The lowest BCUT2D eigenvalue weighted by molar-refractivity contribution is -0.131. The molecule has 2 N–H and O–H groups in total. The fourth-order valence-electron chi connectivity index (χ4n) is 3.65. The van der Waals surface area contributed by atoms with Crippen molar-refractivity contribution in [2.75, 3.05) is 7.05 Å². The molecule has 0 unspecified atom stereocenters. The maximum atomic E-state index is 13.9. The Labute approximate surface area is 159 Å². The normalized spacial score (nSPS) is 23.3. The zero-order valence-corrected chi connectivity index (χ0v) is 16.4. The quantitative estimate of drug-likeness (QED) is 0.839. The van der Waals surface area contributed by atoms with Gasteiger partial charge in [0.1, 0.15) is 5.82 Å². The topological polar surface area (TPSA) is 56.2 Å². The number of carbonyl (C=O) groups excluding carboxylic acids is 1. The molecule has 1 fully saturated rings. The van der Waals surface area contributed by atoms with E-state index < -0.39 is 11.5 Å². The summed E-state index contributed by atoms with van der Waals surface area (Å²) in [6, 6.07) is 14.2. The number of guanidine groups is 1. The molecule has 1 aliphatic rings. The first-order valence-electron chi connectivity index (χ1n) is 9.05. The van der Waals surface area contributed by atoms with Crippen LogP contribution in [0.1, 0.15) is 50.3 Å². The average Bonchev–Trinajstić information content (AvgIpc) is 2.59. The van der Waals surface area contributed by atoms with Crippen LogP contribution in [-0.2, 0) is 15.7 Å². The van der Waals surface area contributed by atoms with E-state index in [1.54, 1.807) is 19.2 Å². The number of halogens is 1. The highest BCUT2D eigenvalue weighted by atomic mass is 19.1. The van der Waals surface area contributed by atoms with Gasteiger partial charge in [-0.05, 0) is 41.2 Å². The summed E-state index contributed by atoms with van der Waals surface area (Å²) in [4.78, 5) is 14.5. The van der Waals surface area contributed by atoms with E-state index in [2.05, 4.69) is 26.1 Å². The van der Waals surface area contributed by atoms with Crippen LogP contribution in [0.2, 0.25) is 0 Å². The van der Waals surface area contributed by atoms with Crippen molar-refractivity contribution in [3.63, 3.8) is 0 Å². The van der Waals surface area contributed by atoms with Gasteiger partial charge in [-0.1, -0.05) is 57.2 Å². The highest BCUT2D eigenvalue weighted by molar-refractivity contribution is 6.02. The summed E-state index contributed by atoms with van der Waals surface area (Å²) in [5.41, 5.74) is 1.74. The third-order valence-corrected chi connectivity index (χ3v) is 5.40. The minimum absolute atomic E-state index is 0.00863. The monoisotopic (exact) mass is 367 g/mol. The molecule has 3 rings (SSSR count). The fourth-order valence-corrected chi connectivity index (χ4v) is 3.65. The van der Waals surface area contributed by atoms with E-state index in [1.807, 2.05) is 31.2 Å². The van der Waals surface area contributed by atoms with Gasteiger partial charge < -0.3 is 5.32 Å². The average molecular weight is 367 g/mol. The van der Waals surface area contributed by atoms with Gasteiger partial charge in [-0.25, -0.2) is 4.39 Å². The van der Waals surface area contributed by atoms with Gasteiger partial charge in [-0.2, -0.15) is 0 Å². The SMILES string of the molecule is CN1C(=N)N[C@](C)(c2cccc(F)c2)[C@H](c2ccc(C(C)(C)C)cc2)C1=O. The van der Waals surface area contributed by atoms with Crippen LogP contribution in [-0.4, -0.2) is 23.8 Å². The minimum Gasteiger partial charge on any atom is -0.346 e. The van der Waals surface area contributed by atoms with Crippen molar-refractivity contribution >= 4 is 11.9 Å². The summed E-state index contributed by atoms with van der Waals surface area (Å²) < 4.78 is 13.9. The summed E-state index contributed by atoms with van der Waals surface area (Å²) in [6.45, 7) is 8.27. The van der Waals surface area contributed by atoms with Crippen LogP contribution in [0.3, 0.4) is 0 Å². The highest BCUT2D eigenvalue weighted by Gasteiger charge is 2.48. The molecule has 4 nitrogen and oxygen atoms in total. The molecular formula is C22H26FN3O. The Kier molecular flexibility index (Phi) is 4.58. The second-order valence-electron chi connectivity index (χ2n) is 8.39. The molecule has 1 saturated heterocycles. The molecule has 1 amide bonds. The molecule has 0 aromatic heterocycles. The van der Waals surface area contributed by atoms with E-state index in [4.69, 9.17) is 5.41 Å². The van der Waals surface area contributed by atoms with Crippen LogP contribution in [0.5, 0.6) is 0 Å².